The van der Waals surface area contributed by atoms with Gasteiger partial charge in [0.05, 0.1) is 11.4 Å². The summed E-state index contributed by atoms with van der Waals surface area (Å²) < 4.78 is 0. The number of nitrogens with zero attached hydrogens (tertiary/aromatic N) is 1. The van der Waals surface area contributed by atoms with Crippen LogP contribution in [0.5, 0.6) is 0 Å². The molecular formula is C33H47NO3. The fourth-order valence-corrected chi connectivity index (χ4v) is 3.09. The van der Waals surface area contributed by atoms with Crippen molar-refractivity contribution in [1.82, 2.24) is 4.98 Å². The molecule has 3 rings (SSSR count). The topological polar surface area (TPSA) is 70.4 Å². The number of hydrogen-bond acceptors (Lipinski definition) is 4. The van der Waals surface area contributed by atoms with Gasteiger partial charge in [-0.15, -0.1) is 0 Å². The Morgan fingerprint density at radius 3 is 1.73 bits per heavy atom. The van der Waals surface area contributed by atoms with E-state index in [1.807, 2.05) is 59.8 Å². The van der Waals surface area contributed by atoms with Gasteiger partial charge in [0.15, 0.2) is 5.78 Å². The minimum atomic E-state index is 0.00979. The number of benzene rings is 2. The summed E-state index contributed by atoms with van der Waals surface area (Å²) in [6.45, 7) is 19.7. The van der Waals surface area contributed by atoms with Crippen molar-refractivity contribution in [3.8, 4) is 22.4 Å². The third kappa shape index (κ3) is 12.0. The number of hydrogen-bond donors (Lipinski definition) is 2. The quantitative estimate of drug-likeness (QED) is 0.329. The second kappa shape index (κ2) is 21.9. The monoisotopic (exact) mass is 505 g/mol. The molecule has 2 aromatic carbocycles. The van der Waals surface area contributed by atoms with Crippen LogP contribution in [-0.2, 0) is 0 Å². The Morgan fingerprint density at radius 1 is 0.919 bits per heavy atom. The number of aromatic nitrogens is 1. The number of aliphatic hydroxyl groups is 2. The largest absolute Gasteiger partial charge is 0.400 e. The first-order chi connectivity index (χ1) is 17.9. The first-order valence-electron chi connectivity index (χ1n) is 13.0. The Labute approximate surface area is 225 Å². The summed E-state index contributed by atoms with van der Waals surface area (Å²) in [6.07, 6.45) is 6.40. The molecule has 2 N–H and O–H groups in total. The highest BCUT2D eigenvalue weighted by atomic mass is 16.3. The lowest BCUT2D eigenvalue weighted by Crippen LogP contribution is -2.02. The summed E-state index contributed by atoms with van der Waals surface area (Å²) in [4.78, 5) is 16.9. The van der Waals surface area contributed by atoms with Crippen LogP contribution in [0.4, 0.5) is 0 Å². The van der Waals surface area contributed by atoms with Crippen molar-refractivity contribution in [2.75, 3.05) is 13.7 Å². The molecule has 0 bridgehead atoms. The SMILES string of the molecule is C=Cc1c(C(C)=O)cc(-c2ccc(-c3ccc(C)cc3)cc2)nc1/C=C\C.CC.CC.CCCO.CO. The molecule has 1 heterocycles. The van der Waals surface area contributed by atoms with E-state index in [0.29, 0.717) is 12.2 Å². The van der Waals surface area contributed by atoms with Crippen LogP contribution in [0.3, 0.4) is 0 Å². The van der Waals surface area contributed by atoms with Gasteiger partial charge in [-0.05, 0) is 50.5 Å². The predicted octanol–water partition coefficient (Wildman–Crippen LogP) is 8.65. The molecule has 0 fully saturated rings. The highest BCUT2D eigenvalue weighted by molar-refractivity contribution is 5.99. The van der Waals surface area contributed by atoms with Gasteiger partial charge in [0, 0.05) is 30.4 Å². The molecule has 0 saturated carbocycles. The van der Waals surface area contributed by atoms with Crippen molar-refractivity contribution in [1.29, 1.82) is 0 Å². The number of aliphatic hydroxyl groups excluding tert-OH is 2. The van der Waals surface area contributed by atoms with Gasteiger partial charge in [-0.1, -0.05) is 107 Å². The van der Waals surface area contributed by atoms with Gasteiger partial charge in [-0.2, -0.15) is 0 Å². The standard InChI is InChI=1S/C25H23NO.C3H8O.2C2H6.CH4O/c1-5-7-24-22(6-2)23(18(4)27)16-25(26-24)21-14-12-20(13-15-21)19-10-8-17(3)9-11-19;1-2-3-4;3*1-2/h5-16H,2H2,1,3-4H3;4H,2-3H2,1H3;2*1-2H3;2H,1H3/b7-5-;;;;. The second-order valence-corrected chi connectivity index (χ2v) is 7.28. The average molecular weight is 506 g/mol. The highest BCUT2D eigenvalue weighted by Gasteiger charge is 2.13. The van der Waals surface area contributed by atoms with Crippen LogP contribution in [-0.4, -0.2) is 34.7 Å². The molecule has 0 aliphatic carbocycles. The van der Waals surface area contributed by atoms with Crippen LogP contribution in [0.15, 0.2) is 67.3 Å². The van der Waals surface area contributed by atoms with Crippen molar-refractivity contribution in [2.45, 2.75) is 61.8 Å². The number of carbonyl (C=O) groups is 1. The Morgan fingerprint density at radius 2 is 1.35 bits per heavy atom. The zero-order chi connectivity index (χ0) is 28.8. The second-order valence-electron chi connectivity index (χ2n) is 7.28. The molecule has 37 heavy (non-hydrogen) atoms. The first-order valence-corrected chi connectivity index (χ1v) is 13.0. The average Bonchev–Trinajstić information content (AvgIpc) is 2.96. The van der Waals surface area contributed by atoms with Gasteiger partial charge in [-0.3, -0.25) is 4.79 Å². The van der Waals surface area contributed by atoms with Gasteiger partial charge in [-0.25, -0.2) is 4.98 Å². The van der Waals surface area contributed by atoms with Crippen LogP contribution in [0.1, 0.15) is 82.1 Å². The summed E-state index contributed by atoms with van der Waals surface area (Å²) in [6, 6.07) is 18.6. The molecule has 0 aliphatic rings. The number of pyridine rings is 1. The summed E-state index contributed by atoms with van der Waals surface area (Å²) in [7, 11) is 1.00. The molecule has 0 spiro atoms. The third-order valence-electron chi connectivity index (χ3n) is 4.79. The van der Waals surface area contributed by atoms with Crippen molar-refractivity contribution < 1.29 is 15.0 Å². The van der Waals surface area contributed by atoms with E-state index in [2.05, 4.69) is 62.0 Å². The molecule has 0 saturated heterocycles. The van der Waals surface area contributed by atoms with Crippen LogP contribution in [0.25, 0.3) is 34.5 Å². The van der Waals surface area contributed by atoms with Crippen LogP contribution < -0.4 is 0 Å². The molecule has 0 aliphatic heterocycles. The molecule has 3 aromatic rings. The molecular weight excluding hydrogens is 458 g/mol. The Kier molecular flexibility index (Phi) is 21.2. The number of Topliss-reactive ketones (excluding diaryl/α,β-unsaturated/α-hetero) is 1. The van der Waals surface area contributed by atoms with E-state index >= 15 is 0 Å². The van der Waals surface area contributed by atoms with Gasteiger partial charge in [0.2, 0.25) is 0 Å². The Hall–Kier alpha value is -3.34. The minimum absolute atomic E-state index is 0.00979. The lowest BCUT2D eigenvalue weighted by Gasteiger charge is -2.11. The number of aryl methyl sites for hydroxylation is 1. The van der Waals surface area contributed by atoms with Crippen LogP contribution in [0.2, 0.25) is 0 Å². The zero-order valence-corrected chi connectivity index (χ0v) is 24.3. The number of carbonyl (C=O) groups excluding carboxylic acids is 1. The maximum atomic E-state index is 12.1. The molecule has 4 heteroatoms. The Bertz CT molecular complexity index is 1050. The molecule has 0 amide bonds. The van der Waals surface area contributed by atoms with E-state index in [1.165, 1.54) is 11.1 Å². The van der Waals surface area contributed by atoms with Crippen molar-refractivity contribution >= 4 is 17.9 Å². The smallest absolute Gasteiger partial charge is 0.160 e. The predicted molar refractivity (Wildman–Crippen MR) is 163 cm³/mol. The first kappa shape index (κ1) is 35.8. The van der Waals surface area contributed by atoms with E-state index < -0.39 is 0 Å². The maximum absolute atomic E-state index is 12.1. The zero-order valence-electron chi connectivity index (χ0n) is 24.3. The van der Waals surface area contributed by atoms with E-state index in [9.17, 15) is 4.79 Å². The van der Waals surface area contributed by atoms with E-state index in [0.717, 1.165) is 41.6 Å². The third-order valence-corrected chi connectivity index (χ3v) is 4.79. The molecule has 0 unspecified atom stereocenters. The number of allylic oxidation sites excluding steroid dienone is 1. The molecule has 4 nitrogen and oxygen atoms in total. The van der Waals surface area contributed by atoms with E-state index in [1.54, 1.807) is 13.0 Å². The van der Waals surface area contributed by atoms with Gasteiger partial charge >= 0.3 is 0 Å². The fraction of sp³-hybridized carbons (Fsp3) is 0.333. The number of rotatable bonds is 6. The number of ketones is 1. The summed E-state index contributed by atoms with van der Waals surface area (Å²) in [5.74, 6) is 0.00979. The lowest BCUT2D eigenvalue weighted by atomic mass is 9.97. The fourth-order valence-electron chi connectivity index (χ4n) is 3.09. The normalized spacial score (nSPS) is 9.27. The van der Waals surface area contributed by atoms with Crippen LogP contribution >= 0.6 is 0 Å². The molecule has 0 radical (unpaired) electrons. The summed E-state index contributed by atoms with van der Waals surface area (Å²) in [5, 5.41) is 14.9. The summed E-state index contributed by atoms with van der Waals surface area (Å²) >= 11 is 0. The minimum Gasteiger partial charge on any atom is -0.400 e. The molecule has 202 valence electrons. The van der Waals surface area contributed by atoms with Gasteiger partial charge in [0.25, 0.3) is 0 Å². The molecule has 1 aromatic heterocycles. The molecule has 0 atom stereocenters. The van der Waals surface area contributed by atoms with Gasteiger partial charge in [0.1, 0.15) is 0 Å². The Balaban J connectivity index is 0. The van der Waals surface area contributed by atoms with Crippen molar-refractivity contribution in [3.63, 3.8) is 0 Å². The van der Waals surface area contributed by atoms with Crippen molar-refractivity contribution in [2.24, 2.45) is 0 Å². The lowest BCUT2D eigenvalue weighted by molar-refractivity contribution is 0.101. The van der Waals surface area contributed by atoms with Crippen LogP contribution in [0, 0.1) is 6.92 Å². The van der Waals surface area contributed by atoms with E-state index in [4.69, 9.17) is 15.2 Å². The highest BCUT2D eigenvalue weighted by Crippen LogP contribution is 2.27. The van der Waals surface area contributed by atoms with Crippen molar-refractivity contribution in [3.05, 3.63) is 89.6 Å². The van der Waals surface area contributed by atoms with Gasteiger partial charge < -0.3 is 10.2 Å². The summed E-state index contributed by atoms with van der Waals surface area (Å²) in [5.41, 5.74) is 7.53. The maximum Gasteiger partial charge on any atom is 0.160 e. The van der Waals surface area contributed by atoms with E-state index in [-0.39, 0.29) is 5.78 Å².